The first-order valence-corrected chi connectivity index (χ1v) is 43.9. The van der Waals surface area contributed by atoms with Gasteiger partial charge < -0.3 is 0 Å². The third kappa shape index (κ3) is 18.9. The van der Waals surface area contributed by atoms with Gasteiger partial charge in [0.1, 0.15) is 50.3 Å². The largest absolute Gasteiger partial charge is 0.295 e. The second-order valence-electron chi connectivity index (χ2n) is 34.7. The maximum absolute atomic E-state index is 7.78. The van der Waals surface area contributed by atoms with Gasteiger partial charge in [0, 0.05) is 76.6 Å². The summed E-state index contributed by atoms with van der Waals surface area (Å²) in [6.45, 7) is 28.6. The minimum absolute atomic E-state index is 0.386. The first-order chi connectivity index (χ1) is 62.4. The van der Waals surface area contributed by atoms with E-state index in [4.69, 9.17) is 8.22 Å². The van der Waals surface area contributed by atoms with Gasteiger partial charge in [0.25, 0.3) is 23.3 Å². The van der Waals surface area contributed by atoms with Crippen LogP contribution in [0.5, 0.6) is 0 Å². The number of fused-ring (bicyclic) bond motifs is 4. The van der Waals surface area contributed by atoms with E-state index in [0.29, 0.717) is 34.8 Å². The Hall–Kier alpha value is -13.2. The van der Waals surface area contributed by atoms with Crippen molar-refractivity contribution in [1.82, 2.24) is 18.3 Å². The van der Waals surface area contributed by atoms with E-state index in [2.05, 4.69) is 432 Å². The lowest BCUT2D eigenvalue weighted by Crippen LogP contribution is -2.32. The zero-order chi connectivity index (χ0) is 94.4. The van der Waals surface area contributed by atoms with E-state index in [9.17, 15) is 0 Å². The summed E-state index contributed by atoms with van der Waals surface area (Å²) in [6.07, 6.45) is 8.50. The summed E-state index contributed by atoms with van der Waals surface area (Å²) in [6, 6.07) is 99.1. The van der Waals surface area contributed by atoms with Crippen molar-refractivity contribution < 1.29 is 35.6 Å². The van der Waals surface area contributed by atoms with E-state index in [1.807, 2.05) is 65.2 Å². The first-order valence-electron chi connectivity index (χ1n) is 46.9. The van der Waals surface area contributed by atoms with E-state index in [1.54, 1.807) is 18.2 Å². The van der Waals surface area contributed by atoms with Crippen LogP contribution in [0.4, 0.5) is 0 Å². The van der Waals surface area contributed by atoms with Gasteiger partial charge in [-0.05, 0) is 210 Å². The average molecular weight is 1660 g/mol. The number of aryl methyl sites for hydroxylation is 16. The third-order valence-corrected chi connectivity index (χ3v) is 24.6. The molecule has 0 radical (unpaired) electrons. The molecule has 0 aliphatic carbocycles. The van der Waals surface area contributed by atoms with Gasteiger partial charge in [-0.15, -0.1) is 0 Å². The topological polar surface area (TPSA) is 43.0 Å². The molecular formula is C115H130N10+6. The third-order valence-electron chi connectivity index (χ3n) is 24.6. The Kier molecular flexibility index (Phi) is 25.5. The molecule has 6 aromatic heterocycles. The molecule has 0 bridgehead atoms. The summed E-state index contributed by atoms with van der Waals surface area (Å²) in [7, 11) is 16.8. The second-order valence-corrected chi connectivity index (χ2v) is 34.7. The number of imidazole rings is 4. The van der Waals surface area contributed by atoms with Gasteiger partial charge in [0.05, 0.1) is 64.5 Å². The smallest absolute Gasteiger partial charge is 0.233 e. The molecule has 0 unspecified atom stereocenters. The van der Waals surface area contributed by atoms with Gasteiger partial charge in [0.15, 0.2) is 22.1 Å². The van der Waals surface area contributed by atoms with Crippen molar-refractivity contribution in [1.29, 1.82) is 0 Å². The number of pyridine rings is 2. The molecule has 0 saturated carbocycles. The Balaban J connectivity index is 0.000000135. The van der Waals surface area contributed by atoms with E-state index < -0.39 is 13.7 Å². The van der Waals surface area contributed by atoms with Crippen LogP contribution in [0, 0.1) is 62.2 Å². The lowest BCUT2D eigenvalue weighted by Gasteiger charge is -2.18. The number of aromatic nitrogens is 10. The molecule has 10 nitrogen and oxygen atoms in total. The van der Waals surface area contributed by atoms with Crippen molar-refractivity contribution in [3.8, 4) is 79.4 Å². The number of benzene rings is 12. The fraction of sp³-hybridized carbons (Fsp3) is 0.252. The molecule has 6 heterocycles. The standard InChI is InChI=1S/C27H31N2.C23H29N2.C19H20N.C18H18N.C16H17N2.C12H15N2/c1-18(2)21-14-11-15-22(19(3)4)26(21)29-25-17-10-9-16-24(25)28(6)27(29)23-13-8-7-12-20(23)5;1-16(2)19-12-9-13-20(17(3)4)22(19)25-15-14-24(6)23(25)21-11-8-7-10-18(21)5;1-13-11-14(2)15(3)17(12-13)19-10-9-16-7-5-6-8-18(16)20(19)4;1-13-8-10-16(14(2)12-13)18-11-9-15-6-4-5-7-17(15)19(18)3;1-12-8-4-5-9-13(12)16-17(2)14-10-6-7-11-15(14)18(16)3;1-10-6-4-5-7-11(10)12-13(2)8-9-14(12)3/h7-19H,1-6H3;7-17H,1-6H3;5-12H,1-4H3;4-12H,1-3H3;4-11H,1-3H3;4-9H,1-3H3/q6*+1/i;;2D3;1D3;;. The van der Waals surface area contributed by atoms with Crippen LogP contribution in [0.15, 0.2) is 310 Å². The molecule has 125 heavy (non-hydrogen) atoms. The van der Waals surface area contributed by atoms with Crippen LogP contribution in [0.3, 0.4) is 0 Å². The first kappa shape index (κ1) is 81.5. The summed E-state index contributed by atoms with van der Waals surface area (Å²) in [4.78, 5) is 0. The Bertz CT molecular complexity index is 7050. The molecule has 18 aromatic rings. The lowest BCUT2D eigenvalue weighted by molar-refractivity contribution is -0.659. The van der Waals surface area contributed by atoms with Crippen LogP contribution in [0.25, 0.3) is 123 Å². The SMILES string of the molecule is Cc1ccccc1-c1n(-c2c(C(C)C)cccc2C(C)C)c2ccccc2[n+]1C.Cc1ccccc1-c1n(-c2c(C(C)C)cccc2C(C)C)cc[n+]1C.Cc1ccccc1-c1n(C)c2ccccc2[n+]1C.Cc1ccccc1-c1n(C)cc[n+]1C.[2H]C([2H])([2H])c1cc(C)cc(-c2ccc3ccccc3[n+]2C)c1C.[2H]C([2H])([2H])c1ccc(-c2ccc3ccccc3[n+]2C)c(C)c1. The molecule has 0 atom stereocenters. The Morgan fingerprint density at radius 1 is 0.288 bits per heavy atom. The Morgan fingerprint density at radius 3 is 1.14 bits per heavy atom. The minimum Gasteiger partial charge on any atom is -0.233 e. The molecule has 0 saturated heterocycles. The fourth-order valence-corrected chi connectivity index (χ4v) is 17.8. The highest BCUT2D eigenvalue weighted by Gasteiger charge is 2.33. The predicted octanol–water partition coefficient (Wildman–Crippen LogP) is 25.2. The summed E-state index contributed by atoms with van der Waals surface area (Å²) in [5.74, 6) is 6.79. The normalized spacial score (nSPS) is 12.1. The Labute approximate surface area is 752 Å². The molecular weight excluding hydrogens is 1520 g/mol. The van der Waals surface area contributed by atoms with E-state index in [0.717, 1.165) is 50.2 Å². The van der Waals surface area contributed by atoms with Gasteiger partial charge in [-0.2, -0.15) is 18.3 Å². The van der Waals surface area contributed by atoms with Gasteiger partial charge in [0.2, 0.25) is 22.4 Å². The highest BCUT2D eigenvalue weighted by molar-refractivity contribution is 5.83. The van der Waals surface area contributed by atoms with Crippen LogP contribution in [-0.4, -0.2) is 18.3 Å². The number of hydrogen-bond donors (Lipinski definition) is 0. The molecule has 12 aromatic carbocycles. The highest BCUT2D eigenvalue weighted by Crippen LogP contribution is 2.39. The molecule has 18 rings (SSSR count). The average Bonchev–Trinajstić information content (AvgIpc) is 1.57. The van der Waals surface area contributed by atoms with Crippen LogP contribution in [0.2, 0.25) is 0 Å². The van der Waals surface area contributed by atoms with Gasteiger partial charge >= 0.3 is 0 Å². The molecule has 634 valence electrons. The predicted molar refractivity (Wildman–Crippen MR) is 524 cm³/mol. The van der Waals surface area contributed by atoms with Gasteiger partial charge in [-0.1, -0.05) is 242 Å². The van der Waals surface area contributed by atoms with Crippen LogP contribution in [-0.2, 0) is 56.4 Å². The molecule has 0 aliphatic heterocycles. The molecule has 0 N–H and O–H groups in total. The minimum atomic E-state index is -2.10. The molecule has 10 heteroatoms. The molecule has 0 amide bonds. The quantitative estimate of drug-likeness (QED) is 0.109. The summed E-state index contributed by atoms with van der Waals surface area (Å²) in [5.41, 5.74) is 33.6. The van der Waals surface area contributed by atoms with Crippen LogP contribution in [0.1, 0.15) is 160 Å². The molecule has 0 spiro atoms. The van der Waals surface area contributed by atoms with Crippen LogP contribution < -0.4 is 27.4 Å². The Morgan fingerprint density at radius 2 is 0.680 bits per heavy atom. The van der Waals surface area contributed by atoms with E-state index in [-0.39, 0.29) is 0 Å². The maximum atomic E-state index is 7.78. The van der Waals surface area contributed by atoms with Crippen LogP contribution >= 0.6 is 0 Å². The number of nitrogens with zero attached hydrogens (tertiary/aromatic N) is 10. The van der Waals surface area contributed by atoms with Crippen molar-refractivity contribution in [2.75, 3.05) is 0 Å². The van der Waals surface area contributed by atoms with Crippen molar-refractivity contribution in [2.45, 2.75) is 141 Å². The summed E-state index contributed by atoms with van der Waals surface area (Å²) in [5, 5.41) is 2.35. The summed E-state index contributed by atoms with van der Waals surface area (Å²) >= 11 is 0. The number of hydrogen-bond acceptors (Lipinski definition) is 0. The van der Waals surface area contributed by atoms with Gasteiger partial charge in [-0.3, -0.25) is 0 Å². The molecule has 0 fully saturated rings. The van der Waals surface area contributed by atoms with Crippen molar-refractivity contribution in [3.63, 3.8) is 0 Å². The van der Waals surface area contributed by atoms with Crippen molar-refractivity contribution in [2.24, 2.45) is 56.4 Å². The number of rotatable bonds is 12. The van der Waals surface area contributed by atoms with Gasteiger partial charge in [-0.25, -0.2) is 27.4 Å². The maximum Gasteiger partial charge on any atom is 0.295 e. The zero-order valence-electron chi connectivity index (χ0n) is 83.7. The monoisotopic (exact) mass is 1660 g/mol. The van der Waals surface area contributed by atoms with Crippen molar-refractivity contribution >= 4 is 43.9 Å². The number of para-hydroxylation sites is 8. The van der Waals surface area contributed by atoms with E-state index >= 15 is 0 Å². The highest BCUT2D eigenvalue weighted by atomic mass is 15.2. The summed E-state index contributed by atoms with van der Waals surface area (Å²) < 4.78 is 68.4. The second kappa shape index (κ2) is 39.1. The lowest BCUT2D eigenvalue weighted by atomic mass is 9.92. The molecule has 0 aliphatic rings. The van der Waals surface area contributed by atoms with E-state index in [1.165, 1.54) is 134 Å². The fourth-order valence-electron chi connectivity index (χ4n) is 17.8. The zero-order valence-corrected chi connectivity index (χ0v) is 77.7. The van der Waals surface area contributed by atoms with Crippen molar-refractivity contribution in [3.05, 3.63) is 382 Å².